The summed E-state index contributed by atoms with van der Waals surface area (Å²) in [6.07, 6.45) is 1.62. The average molecular weight is 463 g/mol. The minimum atomic E-state index is -3.56. The number of ether oxygens (including phenoxy) is 1. The average Bonchev–Trinajstić information content (AvgIpc) is 3.25. The lowest BCUT2D eigenvalue weighted by molar-refractivity contribution is 0.0730. The topological polar surface area (TPSA) is 83.9 Å². The number of nitrogens with zero attached hydrogens (tertiary/aromatic N) is 3. The van der Waals surface area contributed by atoms with Gasteiger partial charge in [0.25, 0.3) is 0 Å². The molecule has 0 bridgehead atoms. The van der Waals surface area contributed by atoms with Crippen LogP contribution in [0.25, 0.3) is 11.3 Å². The van der Waals surface area contributed by atoms with Crippen molar-refractivity contribution in [3.05, 3.63) is 64.5 Å². The van der Waals surface area contributed by atoms with E-state index in [9.17, 15) is 8.42 Å². The van der Waals surface area contributed by atoms with Crippen LogP contribution in [0.1, 0.15) is 5.56 Å². The molecule has 3 aromatic rings. The van der Waals surface area contributed by atoms with Crippen LogP contribution in [0.5, 0.6) is 0 Å². The zero-order valence-electron chi connectivity index (χ0n) is 15.9. The third kappa shape index (κ3) is 4.71. The van der Waals surface area contributed by atoms with Gasteiger partial charge in [0, 0.05) is 34.6 Å². The highest BCUT2D eigenvalue weighted by Crippen LogP contribution is 2.28. The number of benzene rings is 2. The maximum atomic E-state index is 12.9. The first-order valence-corrected chi connectivity index (χ1v) is 11.9. The molecule has 0 aliphatic carbocycles. The van der Waals surface area contributed by atoms with Crippen LogP contribution in [0.15, 0.2) is 63.9 Å². The second-order valence-corrected chi connectivity index (χ2v) is 9.68. The summed E-state index contributed by atoms with van der Waals surface area (Å²) < 4.78 is 32.5. The summed E-state index contributed by atoms with van der Waals surface area (Å²) in [5.41, 5.74) is 5.08. The van der Waals surface area contributed by atoms with Gasteiger partial charge in [-0.2, -0.15) is 9.41 Å². The van der Waals surface area contributed by atoms with Gasteiger partial charge in [-0.05, 0) is 18.2 Å². The fraction of sp³-hybridized carbons (Fsp3) is 0.200. The van der Waals surface area contributed by atoms with Crippen LogP contribution in [-0.2, 0) is 14.8 Å². The summed E-state index contributed by atoms with van der Waals surface area (Å²) in [6.45, 7) is 1.55. The van der Waals surface area contributed by atoms with Crippen molar-refractivity contribution in [1.29, 1.82) is 0 Å². The Labute approximate surface area is 184 Å². The molecule has 0 spiro atoms. The number of hydrazone groups is 1. The molecule has 1 aliphatic rings. The second kappa shape index (κ2) is 9.23. The van der Waals surface area contributed by atoms with Gasteiger partial charge in [0.1, 0.15) is 0 Å². The fourth-order valence-electron chi connectivity index (χ4n) is 2.95. The summed E-state index contributed by atoms with van der Waals surface area (Å²) in [5, 5.41) is 7.23. The van der Waals surface area contributed by atoms with Gasteiger partial charge in [-0.15, -0.1) is 11.3 Å². The van der Waals surface area contributed by atoms with Crippen molar-refractivity contribution >= 4 is 44.3 Å². The molecule has 1 saturated heterocycles. The molecule has 156 valence electrons. The Morgan fingerprint density at radius 3 is 2.77 bits per heavy atom. The molecular weight excluding hydrogens is 444 g/mol. The van der Waals surface area contributed by atoms with E-state index in [1.54, 1.807) is 30.5 Å². The van der Waals surface area contributed by atoms with E-state index >= 15 is 0 Å². The molecule has 0 saturated carbocycles. The number of hydrogen-bond acceptors (Lipinski definition) is 7. The minimum absolute atomic E-state index is 0.251. The Morgan fingerprint density at radius 2 is 1.97 bits per heavy atom. The molecule has 1 aromatic heterocycles. The highest BCUT2D eigenvalue weighted by atomic mass is 35.5. The zero-order valence-corrected chi connectivity index (χ0v) is 18.3. The summed E-state index contributed by atoms with van der Waals surface area (Å²) in [6, 6.07) is 14.2. The van der Waals surface area contributed by atoms with Gasteiger partial charge in [0.2, 0.25) is 15.2 Å². The van der Waals surface area contributed by atoms with Crippen LogP contribution in [0.4, 0.5) is 5.13 Å². The number of halogens is 1. The van der Waals surface area contributed by atoms with E-state index in [0.29, 0.717) is 42.2 Å². The predicted octanol–water partition coefficient (Wildman–Crippen LogP) is 3.93. The van der Waals surface area contributed by atoms with Gasteiger partial charge >= 0.3 is 0 Å². The van der Waals surface area contributed by atoms with Crippen LogP contribution < -0.4 is 5.43 Å². The summed E-state index contributed by atoms with van der Waals surface area (Å²) in [4.78, 5) is 4.75. The molecule has 30 heavy (non-hydrogen) atoms. The first kappa shape index (κ1) is 21.0. The molecule has 0 unspecified atom stereocenters. The highest BCUT2D eigenvalue weighted by molar-refractivity contribution is 7.89. The highest BCUT2D eigenvalue weighted by Gasteiger charge is 2.26. The number of hydrogen-bond donors (Lipinski definition) is 1. The van der Waals surface area contributed by atoms with Crippen molar-refractivity contribution in [2.24, 2.45) is 5.10 Å². The Kier molecular flexibility index (Phi) is 6.45. The Morgan fingerprint density at radius 1 is 1.17 bits per heavy atom. The number of rotatable bonds is 6. The van der Waals surface area contributed by atoms with Gasteiger partial charge < -0.3 is 4.74 Å². The van der Waals surface area contributed by atoms with Crippen LogP contribution in [-0.4, -0.2) is 50.2 Å². The van der Waals surface area contributed by atoms with E-state index in [0.717, 1.165) is 11.1 Å². The van der Waals surface area contributed by atoms with Crippen molar-refractivity contribution < 1.29 is 13.2 Å². The van der Waals surface area contributed by atoms with Gasteiger partial charge in [-0.3, -0.25) is 5.43 Å². The maximum absolute atomic E-state index is 12.9. The van der Waals surface area contributed by atoms with Gasteiger partial charge in [0.15, 0.2) is 0 Å². The molecule has 0 amide bonds. The summed E-state index contributed by atoms with van der Waals surface area (Å²) >= 11 is 7.49. The van der Waals surface area contributed by atoms with Crippen molar-refractivity contribution in [2.45, 2.75) is 4.90 Å². The first-order chi connectivity index (χ1) is 14.5. The largest absolute Gasteiger partial charge is 0.379 e. The number of thiazole rings is 1. The van der Waals surface area contributed by atoms with Gasteiger partial charge in [0.05, 0.1) is 30.0 Å². The van der Waals surface area contributed by atoms with Crippen molar-refractivity contribution in [1.82, 2.24) is 9.29 Å². The SMILES string of the molecule is O=S(=O)(c1cccc(-c2csc(N/N=C/c3ccccc3Cl)n2)c1)N1CCOCC1. The Bertz CT molecular complexity index is 1160. The molecule has 2 heterocycles. The normalized spacial score (nSPS) is 15.5. The Balaban J connectivity index is 1.50. The number of nitrogens with one attached hydrogen (secondary N) is 1. The van der Waals surface area contributed by atoms with Gasteiger partial charge in [-0.1, -0.05) is 41.9 Å². The van der Waals surface area contributed by atoms with E-state index in [1.807, 2.05) is 29.6 Å². The van der Waals surface area contributed by atoms with E-state index in [2.05, 4.69) is 15.5 Å². The molecule has 0 atom stereocenters. The molecule has 1 N–H and O–H groups in total. The van der Waals surface area contributed by atoms with E-state index in [1.165, 1.54) is 15.6 Å². The van der Waals surface area contributed by atoms with Gasteiger partial charge in [-0.25, -0.2) is 13.4 Å². The van der Waals surface area contributed by atoms with Crippen molar-refractivity contribution in [3.63, 3.8) is 0 Å². The van der Waals surface area contributed by atoms with Crippen LogP contribution in [0.2, 0.25) is 5.02 Å². The van der Waals surface area contributed by atoms with Crippen LogP contribution in [0, 0.1) is 0 Å². The molecular formula is C20H19ClN4O3S2. The minimum Gasteiger partial charge on any atom is -0.379 e. The number of anilines is 1. The fourth-order valence-corrected chi connectivity index (χ4v) is 5.25. The zero-order chi connectivity index (χ0) is 21.0. The lowest BCUT2D eigenvalue weighted by atomic mass is 10.2. The first-order valence-electron chi connectivity index (χ1n) is 9.21. The molecule has 0 radical (unpaired) electrons. The van der Waals surface area contributed by atoms with E-state index in [-0.39, 0.29) is 4.90 Å². The smallest absolute Gasteiger partial charge is 0.243 e. The van der Waals surface area contributed by atoms with E-state index in [4.69, 9.17) is 16.3 Å². The lowest BCUT2D eigenvalue weighted by Crippen LogP contribution is -2.40. The lowest BCUT2D eigenvalue weighted by Gasteiger charge is -2.26. The summed E-state index contributed by atoms with van der Waals surface area (Å²) in [5.74, 6) is 0. The molecule has 10 heteroatoms. The van der Waals surface area contributed by atoms with Crippen molar-refractivity contribution in [3.8, 4) is 11.3 Å². The maximum Gasteiger partial charge on any atom is 0.243 e. The monoisotopic (exact) mass is 462 g/mol. The Hall–Kier alpha value is -2.30. The third-order valence-electron chi connectivity index (χ3n) is 4.51. The van der Waals surface area contributed by atoms with Crippen LogP contribution in [0.3, 0.4) is 0 Å². The second-order valence-electron chi connectivity index (χ2n) is 6.47. The summed E-state index contributed by atoms with van der Waals surface area (Å²) in [7, 11) is -3.56. The molecule has 7 nitrogen and oxygen atoms in total. The number of morpholine rings is 1. The molecule has 1 aliphatic heterocycles. The molecule has 1 fully saturated rings. The van der Waals surface area contributed by atoms with E-state index < -0.39 is 10.0 Å². The van der Waals surface area contributed by atoms with Crippen molar-refractivity contribution in [2.75, 3.05) is 31.7 Å². The molecule has 4 rings (SSSR count). The predicted molar refractivity (Wildman–Crippen MR) is 120 cm³/mol. The molecule has 2 aromatic carbocycles. The number of sulfonamides is 1. The standard InChI is InChI=1S/C20H19ClN4O3S2/c21-18-7-2-1-4-16(18)13-22-24-20-23-19(14-29-20)15-5-3-6-17(12-15)30(26,27)25-8-10-28-11-9-25/h1-7,12-14H,8-11H2,(H,23,24)/b22-13+. The third-order valence-corrected chi connectivity index (χ3v) is 7.50. The quantitative estimate of drug-likeness (QED) is 0.443. The van der Waals surface area contributed by atoms with Crippen LogP contribution >= 0.6 is 22.9 Å². The number of aromatic nitrogens is 1.